The van der Waals surface area contributed by atoms with Crippen molar-refractivity contribution in [2.75, 3.05) is 20.8 Å². The summed E-state index contributed by atoms with van der Waals surface area (Å²) in [5.41, 5.74) is 1.60. The molecule has 0 N–H and O–H groups in total. The Bertz CT molecular complexity index is 1150. The smallest absolute Gasteiger partial charge is 0.338 e. The van der Waals surface area contributed by atoms with Gasteiger partial charge in [-0.15, -0.1) is 0 Å². The molecule has 0 atom stereocenters. The van der Waals surface area contributed by atoms with Crippen LogP contribution in [0.4, 0.5) is 0 Å². The first kappa shape index (κ1) is 24.8. The topological polar surface area (TPSA) is 88.1 Å². The number of ketones is 2. The molecule has 1 fully saturated rings. The first-order valence-electron chi connectivity index (χ1n) is 12.0. The van der Waals surface area contributed by atoms with E-state index in [1.165, 1.54) is 20.3 Å². The minimum Gasteiger partial charge on any atom is -0.493 e. The molecular weight excluding hydrogens is 448 g/mol. The fourth-order valence-corrected chi connectivity index (χ4v) is 4.68. The van der Waals surface area contributed by atoms with E-state index in [0.717, 1.165) is 25.7 Å². The first-order chi connectivity index (χ1) is 16.6. The van der Waals surface area contributed by atoms with Crippen molar-refractivity contribution >= 4 is 17.5 Å². The summed E-state index contributed by atoms with van der Waals surface area (Å²) in [4.78, 5) is 39.5. The van der Waals surface area contributed by atoms with Gasteiger partial charge in [0.15, 0.2) is 17.3 Å². The van der Waals surface area contributed by atoms with Crippen molar-refractivity contribution in [3.05, 3.63) is 63.8 Å². The van der Waals surface area contributed by atoms with Crippen molar-refractivity contribution in [2.24, 2.45) is 5.41 Å². The Morgan fingerprint density at radius 3 is 2.34 bits per heavy atom. The highest BCUT2D eigenvalue weighted by atomic mass is 16.5. The molecule has 0 unspecified atom stereocenters. The molecule has 7 nitrogen and oxygen atoms in total. The minimum atomic E-state index is -0.698. The van der Waals surface area contributed by atoms with Crippen LogP contribution < -0.4 is 4.74 Å². The first-order valence-corrected chi connectivity index (χ1v) is 12.0. The van der Waals surface area contributed by atoms with Crippen LogP contribution in [0.1, 0.15) is 85.1 Å². The van der Waals surface area contributed by atoms with Gasteiger partial charge < -0.3 is 18.9 Å². The number of benzene rings is 1. The van der Waals surface area contributed by atoms with E-state index in [1.54, 1.807) is 18.2 Å². The highest BCUT2D eigenvalue weighted by molar-refractivity contribution is 6.50. The van der Waals surface area contributed by atoms with E-state index in [0.29, 0.717) is 34.6 Å². The fraction of sp³-hybridized carbons (Fsp3) is 0.464. The molecule has 0 amide bonds. The maximum Gasteiger partial charge on any atom is 0.338 e. The SMILES string of the molecule is COC1=CCC(=C2Oc3cc(C(=O)OCC(C)(C)C)cc(C4CCCC4)c3C(=O)C2=O)C=C1OC. The molecule has 1 aromatic rings. The number of methoxy groups -OCH3 is 2. The standard InChI is InChI=1S/C28H32O7/c1-28(2,3)15-34-27(31)18-12-19(16-8-6-7-9-16)23-22(14-18)35-26(25(30)24(23)29)17-10-11-20(32-4)21(13-17)33-5/h11-14,16H,6-10,15H2,1-5H3. The Labute approximate surface area is 205 Å². The highest BCUT2D eigenvalue weighted by Crippen LogP contribution is 2.42. The van der Waals surface area contributed by atoms with Crippen LogP contribution in [0.3, 0.4) is 0 Å². The number of carbonyl (C=O) groups excluding carboxylic acids is 3. The average Bonchev–Trinajstić information content (AvgIpc) is 3.38. The summed E-state index contributed by atoms with van der Waals surface area (Å²) in [5, 5.41) is 0. The van der Waals surface area contributed by atoms with Crippen molar-refractivity contribution in [3.63, 3.8) is 0 Å². The van der Waals surface area contributed by atoms with Gasteiger partial charge in [0.25, 0.3) is 5.78 Å². The van der Waals surface area contributed by atoms with Crippen molar-refractivity contribution in [2.45, 2.75) is 58.8 Å². The molecular formula is C28H32O7. The largest absolute Gasteiger partial charge is 0.493 e. The van der Waals surface area contributed by atoms with E-state index in [1.807, 2.05) is 20.8 Å². The monoisotopic (exact) mass is 480 g/mol. The third-order valence-corrected chi connectivity index (χ3v) is 6.44. The molecule has 1 saturated carbocycles. The van der Waals surface area contributed by atoms with E-state index >= 15 is 0 Å². The van der Waals surface area contributed by atoms with E-state index < -0.39 is 17.5 Å². The summed E-state index contributed by atoms with van der Waals surface area (Å²) in [7, 11) is 3.03. The molecule has 1 aliphatic heterocycles. The van der Waals surface area contributed by atoms with Gasteiger partial charge >= 0.3 is 5.97 Å². The van der Waals surface area contributed by atoms with E-state index in [2.05, 4.69) is 0 Å². The van der Waals surface area contributed by atoms with E-state index in [-0.39, 0.29) is 35.0 Å². The van der Waals surface area contributed by atoms with Gasteiger partial charge in [-0.1, -0.05) is 33.6 Å². The molecule has 2 aliphatic carbocycles. The number of Topliss-reactive ketones (excluding diaryl/α,β-unsaturated/α-hetero) is 2. The predicted molar refractivity (Wildman–Crippen MR) is 129 cm³/mol. The van der Waals surface area contributed by atoms with Crippen LogP contribution in [0.15, 0.2) is 47.1 Å². The zero-order chi connectivity index (χ0) is 25.3. The number of fused-ring (bicyclic) bond motifs is 1. The number of allylic oxidation sites excluding steroid dienone is 4. The summed E-state index contributed by atoms with van der Waals surface area (Å²) in [6, 6.07) is 3.23. The minimum absolute atomic E-state index is 0.0546. The average molecular weight is 481 g/mol. The maximum absolute atomic E-state index is 13.4. The molecule has 0 radical (unpaired) electrons. The Morgan fingerprint density at radius 2 is 1.71 bits per heavy atom. The summed E-state index contributed by atoms with van der Waals surface area (Å²) in [6.45, 7) is 6.21. The number of ether oxygens (including phenoxy) is 4. The second-order valence-electron chi connectivity index (χ2n) is 10.4. The van der Waals surface area contributed by atoms with Gasteiger partial charge in [0.2, 0.25) is 5.78 Å². The van der Waals surface area contributed by atoms with Gasteiger partial charge in [0.1, 0.15) is 5.75 Å². The summed E-state index contributed by atoms with van der Waals surface area (Å²) < 4.78 is 22.3. The zero-order valence-electron chi connectivity index (χ0n) is 21.0. The van der Waals surface area contributed by atoms with Crippen LogP contribution in [-0.2, 0) is 19.0 Å². The highest BCUT2D eigenvalue weighted by Gasteiger charge is 2.38. The van der Waals surface area contributed by atoms with Crippen molar-refractivity contribution < 1.29 is 33.3 Å². The van der Waals surface area contributed by atoms with Gasteiger partial charge in [-0.3, -0.25) is 9.59 Å². The van der Waals surface area contributed by atoms with Gasteiger partial charge in [-0.05, 0) is 60.4 Å². The summed E-state index contributed by atoms with van der Waals surface area (Å²) in [6.07, 6.45) is 7.61. The van der Waals surface area contributed by atoms with Crippen molar-refractivity contribution in [3.8, 4) is 5.75 Å². The van der Waals surface area contributed by atoms with E-state index in [9.17, 15) is 14.4 Å². The third-order valence-electron chi connectivity index (χ3n) is 6.44. The quantitative estimate of drug-likeness (QED) is 0.316. The van der Waals surface area contributed by atoms with Crippen LogP contribution >= 0.6 is 0 Å². The molecule has 0 aromatic heterocycles. The fourth-order valence-electron chi connectivity index (χ4n) is 4.68. The van der Waals surface area contributed by atoms with Gasteiger partial charge in [-0.25, -0.2) is 4.79 Å². The number of rotatable bonds is 5. The van der Waals surface area contributed by atoms with Crippen LogP contribution in [0, 0.1) is 5.41 Å². The molecule has 3 aliphatic rings. The van der Waals surface area contributed by atoms with Gasteiger partial charge in [-0.2, -0.15) is 0 Å². The molecule has 7 heteroatoms. The van der Waals surface area contributed by atoms with Crippen LogP contribution in [-0.4, -0.2) is 38.4 Å². The Balaban J connectivity index is 1.78. The maximum atomic E-state index is 13.4. The van der Waals surface area contributed by atoms with Gasteiger partial charge in [0.05, 0.1) is 32.0 Å². The lowest BCUT2D eigenvalue weighted by atomic mass is 9.85. The predicted octanol–water partition coefficient (Wildman–Crippen LogP) is 5.41. The lowest BCUT2D eigenvalue weighted by molar-refractivity contribution is -0.114. The molecule has 0 bridgehead atoms. The molecule has 4 rings (SSSR count). The zero-order valence-corrected chi connectivity index (χ0v) is 21.0. The molecule has 0 spiro atoms. The van der Waals surface area contributed by atoms with Crippen LogP contribution in [0.25, 0.3) is 0 Å². The Kier molecular flexibility index (Phi) is 6.88. The number of hydrogen-bond acceptors (Lipinski definition) is 7. The lowest BCUT2D eigenvalue weighted by Gasteiger charge is -2.26. The molecule has 0 saturated heterocycles. The Morgan fingerprint density at radius 1 is 1.03 bits per heavy atom. The second kappa shape index (κ2) is 9.72. The number of hydrogen-bond donors (Lipinski definition) is 0. The summed E-state index contributed by atoms with van der Waals surface area (Å²) >= 11 is 0. The lowest BCUT2D eigenvalue weighted by Crippen LogP contribution is -2.29. The normalized spacial score (nSPS) is 20.6. The summed E-state index contributed by atoms with van der Waals surface area (Å²) in [5.74, 6) is -0.554. The third kappa shape index (κ3) is 5.04. The van der Waals surface area contributed by atoms with Crippen LogP contribution in [0.5, 0.6) is 5.75 Å². The van der Waals surface area contributed by atoms with Crippen LogP contribution in [0.2, 0.25) is 0 Å². The molecule has 186 valence electrons. The Hall–Kier alpha value is -3.35. The molecule has 1 aromatic carbocycles. The second-order valence-corrected chi connectivity index (χ2v) is 10.4. The molecule has 35 heavy (non-hydrogen) atoms. The van der Waals surface area contributed by atoms with Gasteiger partial charge in [0, 0.05) is 5.57 Å². The van der Waals surface area contributed by atoms with E-state index in [4.69, 9.17) is 18.9 Å². The van der Waals surface area contributed by atoms with Crippen molar-refractivity contribution in [1.29, 1.82) is 0 Å². The van der Waals surface area contributed by atoms with Crippen molar-refractivity contribution in [1.82, 2.24) is 0 Å². The number of esters is 1. The molecule has 1 heterocycles. The number of carbonyl (C=O) groups is 3.